The molecule has 1 aliphatic rings. The molecule has 2 heterocycles. The van der Waals surface area contributed by atoms with Crippen LogP contribution in [-0.2, 0) is 0 Å². The molecular formula is C13H14N4O2. The zero-order valence-electron chi connectivity index (χ0n) is 10.4. The van der Waals surface area contributed by atoms with Gasteiger partial charge in [-0.05, 0) is 12.8 Å². The number of urea groups is 1. The number of amides is 2. The zero-order chi connectivity index (χ0) is 13.1. The number of carbonyl (C=O) groups is 1. The third-order valence-corrected chi connectivity index (χ3v) is 3.07. The van der Waals surface area contributed by atoms with E-state index in [2.05, 4.69) is 15.5 Å². The van der Waals surface area contributed by atoms with Crippen molar-refractivity contribution in [2.24, 2.45) is 0 Å². The Kier molecular flexibility index (Phi) is 3.14. The molecule has 1 aromatic carbocycles. The van der Waals surface area contributed by atoms with E-state index in [0.29, 0.717) is 5.82 Å². The molecule has 1 aromatic heterocycles. The van der Waals surface area contributed by atoms with E-state index in [4.69, 9.17) is 4.52 Å². The first-order chi connectivity index (χ1) is 9.33. The van der Waals surface area contributed by atoms with Gasteiger partial charge in [-0.25, -0.2) is 4.79 Å². The van der Waals surface area contributed by atoms with Crippen LogP contribution in [0, 0.1) is 0 Å². The van der Waals surface area contributed by atoms with E-state index in [1.807, 2.05) is 30.3 Å². The van der Waals surface area contributed by atoms with Crippen LogP contribution in [0.3, 0.4) is 0 Å². The van der Waals surface area contributed by atoms with Crippen LogP contribution in [0.15, 0.2) is 34.9 Å². The van der Waals surface area contributed by atoms with Crippen LogP contribution in [0.25, 0.3) is 11.4 Å². The van der Waals surface area contributed by atoms with Gasteiger partial charge in [-0.1, -0.05) is 35.5 Å². The van der Waals surface area contributed by atoms with E-state index in [9.17, 15) is 4.79 Å². The fourth-order valence-electron chi connectivity index (χ4n) is 2.07. The van der Waals surface area contributed by atoms with E-state index >= 15 is 0 Å². The molecule has 0 spiro atoms. The van der Waals surface area contributed by atoms with E-state index in [1.54, 1.807) is 4.90 Å². The lowest BCUT2D eigenvalue weighted by Crippen LogP contribution is -2.32. The van der Waals surface area contributed by atoms with Gasteiger partial charge in [-0.2, -0.15) is 4.98 Å². The van der Waals surface area contributed by atoms with Crippen LogP contribution in [0.2, 0.25) is 0 Å². The number of nitrogens with one attached hydrogen (secondary N) is 1. The fourth-order valence-corrected chi connectivity index (χ4v) is 2.07. The Morgan fingerprint density at radius 1 is 1.21 bits per heavy atom. The molecule has 6 nitrogen and oxygen atoms in total. The predicted molar refractivity (Wildman–Crippen MR) is 69.6 cm³/mol. The molecule has 6 heteroatoms. The second-order valence-corrected chi connectivity index (χ2v) is 4.41. The number of likely N-dealkylation sites (tertiary alicyclic amines) is 1. The van der Waals surface area contributed by atoms with Crippen LogP contribution < -0.4 is 5.32 Å². The number of rotatable bonds is 2. The molecule has 1 fully saturated rings. The minimum Gasteiger partial charge on any atom is -0.324 e. The van der Waals surface area contributed by atoms with Crippen molar-refractivity contribution >= 4 is 12.0 Å². The molecule has 2 amide bonds. The number of hydrogen-bond donors (Lipinski definition) is 1. The average molecular weight is 258 g/mol. The van der Waals surface area contributed by atoms with Gasteiger partial charge in [0.05, 0.1) is 0 Å². The van der Waals surface area contributed by atoms with Crippen molar-refractivity contribution in [2.75, 3.05) is 18.4 Å². The highest BCUT2D eigenvalue weighted by Crippen LogP contribution is 2.17. The van der Waals surface area contributed by atoms with Gasteiger partial charge in [0.25, 0.3) is 0 Å². The van der Waals surface area contributed by atoms with Gasteiger partial charge in [0.15, 0.2) is 0 Å². The smallest absolute Gasteiger partial charge is 0.324 e. The number of anilines is 1. The summed E-state index contributed by atoms with van der Waals surface area (Å²) in [6, 6.07) is 9.44. The summed E-state index contributed by atoms with van der Waals surface area (Å²) in [7, 11) is 0. The van der Waals surface area contributed by atoms with Crippen molar-refractivity contribution in [1.29, 1.82) is 0 Å². The van der Waals surface area contributed by atoms with Crippen LogP contribution >= 0.6 is 0 Å². The summed E-state index contributed by atoms with van der Waals surface area (Å²) in [5, 5.41) is 6.47. The van der Waals surface area contributed by atoms with Gasteiger partial charge in [0.2, 0.25) is 5.82 Å². The standard InChI is InChI=1S/C13H14N4O2/c18-13(17-8-4-5-9-17)15-12-14-11(16-19-12)10-6-2-1-3-7-10/h1-3,6-7H,4-5,8-9H2,(H,14,15,16,18). The molecule has 19 heavy (non-hydrogen) atoms. The maximum absolute atomic E-state index is 11.8. The highest BCUT2D eigenvalue weighted by atomic mass is 16.5. The molecule has 0 radical (unpaired) electrons. The second kappa shape index (κ2) is 5.09. The Balaban J connectivity index is 1.70. The zero-order valence-corrected chi connectivity index (χ0v) is 10.4. The maximum Gasteiger partial charge on any atom is 0.329 e. The highest BCUT2D eigenvalue weighted by Gasteiger charge is 2.20. The van der Waals surface area contributed by atoms with Crippen LogP contribution in [0.1, 0.15) is 12.8 Å². The Morgan fingerprint density at radius 2 is 1.95 bits per heavy atom. The van der Waals surface area contributed by atoms with Crippen molar-refractivity contribution < 1.29 is 9.32 Å². The normalized spacial score (nSPS) is 14.6. The number of nitrogens with zero attached hydrogens (tertiary/aromatic N) is 3. The van der Waals surface area contributed by atoms with Crippen molar-refractivity contribution in [3.8, 4) is 11.4 Å². The monoisotopic (exact) mass is 258 g/mol. The van der Waals surface area contributed by atoms with Crippen molar-refractivity contribution in [1.82, 2.24) is 15.0 Å². The molecule has 98 valence electrons. The lowest BCUT2D eigenvalue weighted by Gasteiger charge is -2.13. The SMILES string of the molecule is O=C(Nc1nc(-c2ccccc2)no1)N1CCCC1. The minimum atomic E-state index is -0.180. The number of aromatic nitrogens is 2. The molecule has 0 bridgehead atoms. The van der Waals surface area contributed by atoms with E-state index in [1.165, 1.54) is 0 Å². The summed E-state index contributed by atoms with van der Waals surface area (Å²) in [5.74, 6) is 0.470. The molecule has 1 saturated heterocycles. The molecular weight excluding hydrogens is 244 g/mol. The first-order valence-corrected chi connectivity index (χ1v) is 6.28. The molecule has 1 aliphatic heterocycles. The summed E-state index contributed by atoms with van der Waals surface area (Å²) in [5.41, 5.74) is 0.855. The Hall–Kier alpha value is -2.37. The molecule has 3 rings (SSSR count). The first kappa shape index (κ1) is 11.7. The van der Waals surface area contributed by atoms with Gasteiger partial charge in [0.1, 0.15) is 0 Å². The summed E-state index contributed by atoms with van der Waals surface area (Å²) in [4.78, 5) is 17.7. The lowest BCUT2D eigenvalue weighted by molar-refractivity contribution is 0.221. The fraction of sp³-hybridized carbons (Fsp3) is 0.308. The van der Waals surface area contributed by atoms with Crippen molar-refractivity contribution in [3.05, 3.63) is 30.3 Å². The molecule has 0 aliphatic carbocycles. The molecule has 0 atom stereocenters. The van der Waals surface area contributed by atoms with Gasteiger partial charge >= 0.3 is 12.0 Å². The number of hydrogen-bond acceptors (Lipinski definition) is 4. The van der Waals surface area contributed by atoms with Crippen LogP contribution in [0.5, 0.6) is 0 Å². The molecule has 1 N–H and O–H groups in total. The number of benzene rings is 1. The van der Waals surface area contributed by atoms with Gasteiger partial charge in [-0.15, -0.1) is 0 Å². The second-order valence-electron chi connectivity index (χ2n) is 4.41. The largest absolute Gasteiger partial charge is 0.329 e. The Labute approximate surface area is 110 Å². The third kappa shape index (κ3) is 2.57. The summed E-state index contributed by atoms with van der Waals surface area (Å²) >= 11 is 0. The Bertz CT molecular complexity index is 561. The lowest BCUT2D eigenvalue weighted by atomic mass is 10.2. The first-order valence-electron chi connectivity index (χ1n) is 6.28. The highest BCUT2D eigenvalue weighted by molar-refractivity contribution is 5.87. The summed E-state index contributed by atoms with van der Waals surface area (Å²) < 4.78 is 5.03. The third-order valence-electron chi connectivity index (χ3n) is 3.07. The van der Waals surface area contributed by atoms with Gasteiger partial charge in [0, 0.05) is 18.7 Å². The van der Waals surface area contributed by atoms with Gasteiger partial charge < -0.3 is 9.42 Å². The van der Waals surface area contributed by atoms with E-state index in [-0.39, 0.29) is 12.0 Å². The minimum absolute atomic E-state index is 0.135. The maximum atomic E-state index is 11.8. The van der Waals surface area contributed by atoms with Crippen molar-refractivity contribution in [2.45, 2.75) is 12.8 Å². The van der Waals surface area contributed by atoms with Crippen LogP contribution in [0.4, 0.5) is 10.8 Å². The predicted octanol–water partition coefficient (Wildman–Crippen LogP) is 2.36. The molecule has 0 unspecified atom stereocenters. The van der Waals surface area contributed by atoms with E-state index < -0.39 is 0 Å². The summed E-state index contributed by atoms with van der Waals surface area (Å²) in [6.45, 7) is 1.57. The molecule has 2 aromatic rings. The van der Waals surface area contributed by atoms with Crippen molar-refractivity contribution in [3.63, 3.8) is 0 Å². The Morgan fingerprint density at radius 3 is 2.68 bits per heavy atom. The number of carbonyl (C=O) groups excluding carboxylic acids is 1. The topological polar surface area (TPSA) is 71.3 Å². The quantitative estimate of drug-likeness (QED) is 0.897. The van der Waals surface area contributed by atoms with Gasteiger partial charge in [-0.3, -0.25) is 5.32 Å². The van der Waals surface area contributed by atoms with Crippen LogP contribution in [-0.4, -0.2) is 34.2 Å². The molecule has 0 saturated carbocycles. The average Bonchev–Trinajstić information content (AvgIpc) is 3.11. The van der Waals surface area contributed by atoms with E-state index in [0.717, 1.165) is 31.5 Å². The summed E-state index contributed by atoms with van der Waals surface area (Å²) in [6.07, 6.45) is 2.10.